The van der Waals surface area contributed by atoms with Gasteiger partial charge in [0.2, 0.25) is 5.96 Å². The van der Waals surface area contributed by atoms with E-state index in [4.69, 9.17) is 15.9 Å². The highest BCUT2D eigenvalue weighted by atomic mass is 35.5. The molecule has 0 aromatic heterocycles. The van der Waals surface area contributed by atoms with E-state index in [0.717, 1.165) is 0 Å². The minimum Gasteiger partial charge on any atom is -0.494 e. The highest BCUT2D eigenvalue weighted by Crippen LogP contribution is 2.16. The largest absolute Gasteiger partial charge is 0.494 e. The number of rotatable bonds is 3. The number of hydrazone groups is 1. The number of guanidine groups is 1. The van der Waals surface area contributed by atoms with Crippen molar-refractivity contribution >= 4 is 24.6 Å². The first-order valence-corrected chi connectivity index (χ1v) is 4.10. The molecule has 16 heavy (non-hydrogen) atoms. The monoisotopic (exact) mass is 246 g/mol. The van der Waals surface area contributed by atoms with Crippen LogP contribution in [0.25, 0.3) is 0 Å². The van der Waals surface area contributed by atoms with Gasteiger partial charge in [-0.1, -0.05) is 0 Å². The molecule has 1 aromatic rings. The second-order valence-electron chi connectivity index (χ2n) is 2.68. The van der Waals surface area contributed by atoms with E-state index in [1.165, 1.54) is 25.5 Å². The van der Waals surface area contributed by atoms with Crippen molar-refractivity contribution < 1.29 is 9.13 Å². The van der Waals surface area contributed by atoms with E-state index in [1.54, 1.807) is 6.07 Å². The van der Waals surface area contributed by atoms with Gasteiger partial charge in [-0.15, -0.1) is 12.4 Å². The maximum atomic E-state index is 13.2. The lowest BCUT2D eigenvalue weighted by Gasteiger charge is -2.01. The fourth-order valence-corrected chi connectivity index (χ4v) is 0.939. The Labute approximate surface area is 98.4 Å². The maximum Gasteiger partial charge on any atom is 0.206 e. The molecule has 0 amide bonds. The minimum atomic E-state index is -0.468. The van der Waals surface area contributed by atoms with Gasteiger partial charge in [-0.25, -0.2) is 9.82 Å². The molecular formula is C9H12ClFN4O. The molecule has 4 N–H and O–H groups in total. The van der Waals surface area contributed by atoms with Gasteiger partial charge in [0.25, 0.3) is 0 Å². The molecule has 0 aliphatic carbocycles. The lowest BCUT2D eigenvalue weighted by molar-refractivity contribution is 0.386. The lowest BCUT2D eigenvalue weighted by Crippen LogP contribution is -2.25. The van der Waals surface area contributed by atoms with Gasteiger partial charge in [0.1, 0.15) is 0 Å². The third-order valence-electron chi connectivity index (χ3n) is 1.57. The van der Waals surface area contributed by atoms with Crippen LogP contribution in [0.15, 0.2) is 23.3 Å². The van der Waals surface area contributed by atoms with Gasteiger partial charge in [0.05, 0.1) is 13.3 Å². The van der Waals surface area contributed by atoms with Crippen molar-refractivity contribution in [2.45, 2.75) is 0 Å². The van der Waals surface area contributed by atoms with Crippen LogP contribution in [0.5, 0.6) is 5.75 Å². The third kappa shape index (κ3) is 4.14. The number of nitrogens with one attached hydrogen (secondary N) is 2. The van der Waals surface area contributed by atoms with Crippen LogP contribution in [0.2, 0.25) is 0 Å². The van der Waals surface area contributed by atoms with Crippen LogP contribution in [0.4, 0.5) is 4.39 Å². The zero-order chi connectivity index (χ0) is 11.3. The molecular weight excluding hydrogens is 235 g/mol. The van der Waals surface area contributed by atoms with Gasteiger partial charge in [0.15, 0.2) is 11.6 Å². The van der Waals surface area contributed by atoms with Crippen LogP contribution < -0.4 is 15.9 Å². The highest BCUT2D eigenvalue weighted by molar-refractivity contribution is 5.85. The van der Waals surface area contributed by atoms with Crippen molar-refractivity contribution in [1.29, 1.82) is 5.41 Å². The summed E-state index contributed by atoms with van der Waals surface area (Å²) in [5.41, 5.74) is 7.76. The number of methoxy groups -OCH3 is 1. The summed E-state index contributed by atoms with van der Waals surface area (Å²) in [6.07, 6.45) is 1.35. The predicted octanol–water partition coefficient (Wildman–Crippen LogP) is 1.07. The Balaban J connectivity index is 0.00000225. The molecule has 88 valence electrons. The zero-order valence-corrected chi connectivity index (χ0v) is 9.34. The van der Waals surface area contributed by atoms with Crippen molar-refractivity contribution in [3.8, 4) is 5.75 Å². The number of hydrogen-bond acceptors (Lipinski definition) is 3. The smallest absolute Gasteiger partial charge is 0.206 e. The summed E-state index contributed by atoms with van der Waals surface area (Å²) >= 11 is 0. The molecule has 0 radical (unpaired) electrons. The molecule has 0 fully saturated rings. The molecule has 0 saturated carbocycles. The van der Waals surface area contributed by atoms with E-state index < -0.39 is 5.82 Å². The van der Waals surface area contributed by atoms with Crippen LogP contribution in [-0.4, -0.2) is 19.3 Å². The summed E-state index contributed by atoms with van der Waals surface area (Å²) in [5.74, 6) is -0.573. The average molecular weight is 247 g/mol. The standard InChI is InChI=1S/C9H11FN4O.ClH/c1-15-8-3-2-6(4-7(8)10)5-13-14-9(11)12;/h2-5H,1H3,(H4,11,12,14);1H. The lowest BCUT2D eigenvalue weighted by atomic mass is 10.2. The van der Waals surface area contributed by atoms with E-state index in [1.807, 2.05) is 0 Å². The second-order valence-corrected chi connectivity index (χ2v) is 2.68. The Kier molecular flexibility index (Phi) is 5.87. The van der Waals surface area contributed by atoms with Gasteiger partial charge in [-0.05, 0) is 23.8 Å². The maximum absolute atomic E-state index is 13.2. The average Bonchev–Trinajstić information content (AvgIpc) is 2.17. The topological polar surface area (TPSA) is 83.5 Å². The molecule has 0 unspecified atom stereocenters. The summed E-state index contributed by atoms with van der Waals surface area (Å²) < 4.78 is 17.9. The molecule has 1 rings (SSSR count). The van der Waals surface area contributed by atoms with Crippen LogP contribution in [0.3, 0.4) is 0 Å². The molecule has 0 aliphatic rings. The van der Waals surface area contributed by atoms with Gasteiger partial charge in [0, 0.05) is 0 Å². The number of nitrogens with two attached hydrogens (primary N) is 1. The molecule has 0 aliphatic heterocycles. The first kappa shape index (κ1) is 14.2. The molecule has 0 bridgehead atoms. The molecule has 7 heteroatoms. The number of benzene rings is 1. The zero-order valence-electron chi connectivity index (χ0n) is 8.53. The number of ether oxygens (including phenoxy) is 1. The Morgan fingerprint density at radius 1 is 1.62 bits per heavy atom. The van der Waals surface area contributed by atoms with Crippen molar-refractivity contribution in [3.05, 3.63) is 29.6 Å². The van der Waals surface area contributed by atoms with Crippen molar-refractivity contribution in [2.75, 3.05) is 7.11 Å². The molecule has 0 atom stereocenters. The van der Waals surface area contributed by atoms with E-state index in [-0.39, 0.29) is 24.1 Å². The van der Waals surface area contributed by atoms with Crippen LogP contribution in [-0.2, 0) is 0 Å². The van der Waals surface area contributed by atoms with Gasteiger partial charge < -0.3 is 10.5 Å². The van der Waals surface area contributed by atoms with Crippen LogP contribution >= 0.6 is 12.4 Å². The molecule has 1 aromatic carbocycles. The number of nitrogens with zero attached hydrogens (tertiary/aromatic N) is 1. The minimum absolute atomic E-state index is 0. The van der Waals surface area contributed by atoms with E-state index >= 15 is 0 Å². The van der Waals surface area contributed by atoms with Crippen molar-refractivity contribution in [2.24, 2.45) is 10.8 Å². The molecule has 0 heterocycles. The summed E-state index contributed by atoms with van der Waals surface area (Å²) in [4.78, 5) is 0. The number of hydrogen-bond donors (Lipinski definition) is 3. The van der Waals surface area contributed by atoms with Crippen LogP contribution in [0.1, 0.15) is 5.56 Å². The van der Waals surface area contributed by atoms with Crippen molar-refractivity contribution in [3.63, 3.8) is 0 Å². The quantitative estimate of drug-likeness (QED) is 0.424. The predicted molar refractivity (Wildman–Crippen MR) is 62.8 cm³/mol. The fraction of sp³-hybridized carbons (Fsp3) is 0.111. The molecule has 0 spiro atoms. The summed E-state index contributed by atoms with van der Waals surface area (Å²) in [7, 11) is 1.39. The van der Waals surface area contributed by atoms with Crippen LogP contribution in [0, 0.1) is 11.2 Å². The summed E-state index contributed by atoms with van der Waals surface area (Å²) in [6, 6.07) is 4.39. The fourth-order valence-electron chi connectivity index (χ4n) is 0.939. The summed E-state index contributed by atoms with van der Waals surface area (Å²) in [6.45, 7) is 0. The normalized spacial score (nSPS) is 9.62. The second kappa shape index (κ2) is 6.62. The number of halogens is 2. The van der Waals surface area contributed by atoms with Gasteiger partial charge in [-0.3, -0.25) is 5.41 Å². The first-order valence-electron chi connectivity index (χ1n) is 4.10. The Bertz CT molecular complexity index is 397. The highest BCUT2D eigenvalue weighted by Gasteiger charge is 2.01. The van der Waals surface area contributed by atoms with Gasteiger partial charge >= 0.3 is 0 Å². The van der Waals surface area contributed by atoms with E-state index in [0.29, 0.717) is 5.56 Å². The van der Waals surface area contributed by atoms with E-state index in [2.05, 4.69) is 10.5 Å². The Hall–Kier alpha value is -1.82. The summed E-state index contributed by atoms with van der Waals surface area (Å²) in [5, 5.41) is 10.4. The van der Waals surface area contributed by atoms with E-state index in [9.17, 15) is 4.39 Å². The molecule has 5 nitrogen and oxygen atoms in total. The Morgan fingerprint density at radius 3 is 2.81 bits per heavy atom. The SMILES string of the molecule is COc1ccc(C=NNC(=N)N)cc1F.Cl. The van der Waals surface area contributed by atoms with Gasteiger partial charge in [-0.2, -0.15) is 5.10 Å². The third-order valence-corrected chi connectivity index (χ3v) is 1.57. The first-order chi connectivity index (χ1) is 7.13. The van der Waals surface area contributed by atoms with Crippen molar-refractivity contribution in [1.82, 2.24) is 5.43 Å². The molecule has 0 saturated heterocycles. The Morgan fingerprint density at radius 2 is 2.31 bits per heavy atom.